The molecule has 0 aromatic heterocycles. The predicted octanol–water partition coefficient (Wildman–Crippen LogP) is 2.96. The summed E-state index contributed by atoms with van der Waals surface area (Å²) in [6.45, 7) is 2.36. The summed E-state index contributed by atoms with van der Waals surface area (Å²) in [4.78, 5) is 11.3. The average molecular weight is 264 g/mol. The van der Waals surface area contributed by atoms with Gasteiger partial charge in [-0.05, 0) is 31.2 Å². The van der Waals surface area contributed by atoms with Crippen LogP contribution in [0.3, 0.4) is 0 Å². The van der Waals surface area contributed by atoms with Gasteiger partial charge in [-0.1, -0.05) is 37.3 Å². The molecule has 0 saturated heterocycles. The summed E-state index contributed by atoms with van der Waals surface area (Å²) in [5.74, 6) is -0.103. The van der Waals surface area contributed by atoms with Gasteiger partial charge in [-0.3, -0.25) is 4.79 Å². The van der Waals surface area contributed by atoms with Crippen molar-refractivity contribution in [2.75, 3.05) is 13.2 Å². The summed E-state index contributed by atoms with van der Waals surface area (Å²) in [5, 5.41) is 9.27. The van der Waals surface area contributed by atoms with Crippen LogP contribution in [-0.4, -0.2) is 24.3 Å². The van der Waals surface area contributed by atoms with E-state index in [0.717, 1.165) is 25.7 Å². The molecule has 1 N–H and O–H groups in total. The molecule has 106 valence electrons. The SMILES string of the molecule is CCCC(=O)OC[C@@H](CO)CCCc1ccccc1. The van der Waals surface area contributed by atoms with Gasteiger partial charge >= 0.3 is 5.97 Å². The van der Waals surface area contributed by atoms with Crippen molar-refractivity contribution in [1.82, 2.24) is 0 Å². The molecule has 0 spiro atoms. The summed E-state index contributed by atoms with van der Waals surface area (Å²) < 4.78 is 5.14. The molecule has 0 aliphatic carbocycles. The van der Waals surface area contributed by atoms with Crippen LogP contribution in [-0.2, 0) is 16.0 Å². The quantitative estimate of drug-likeness (QED) is 0.697. The minimum Gasteiger partial charge on any atom is -0.465 e. The number of rotatable bonds is 9. The molecule has 0 aliphatic heterocycles. The van der Waals surface area contributed by atoms with Gasteiger partial charge in [0.05, 0.1) is 6.61 Å². The maximum atomic E-state index is 11.3. The van der Waals surface area contributed by atoms with Crippen molar-refractivity contribution in [3.05, 3.63) is 35.9 Å². The first-order chi connectivity index (χ1) is 9.26. The fourth-order valence-electron chi connectivity index (χ4n) is 1.95. The number of carbonyl (C=O) groups is 1. The van der Waals surface area contributed by atoms with Crippen molar-refractivity contribution in [3.63, 3.8) is 0 Å². The van der Waals surface area contributed by atoms with Crippen LogP contribution in [0.5, 0.6) is 0 Å². The summed E-state index contributed by atoms with van der Waals surface area (Å²) in [6, 6.07) is 10.3. The average Bonchev–Trinajstić information content (AvgIpc) is 2.44. The van der Waals surface area contributed by atoms with Crippen LogP contribution in [0.4, 0.5) is 0 Å². The van der Waals surface area contributed by atoms with E-state index in [-0.39, 0.29) is 18.5 Å². The van der Waals surface area contributed by atoms with Crippen molar-refractivity contribution in [2.24, 2.45) is 5.92 Å². The Morgan fingerprint density at radius 1 is 1.32 bits per heavy atom. The van der Waals surface area contributed by atoms with Gasteiger partial charge in [0, 0.05) is 18.9 Å². The number of aliphatic hydroxyl groups is 1. The lowest BCUT2D eigenvalue weighted by atomic mass is 10.0. The summed E-state index contributed by atoms with van der Waals surface area (Å²) in [6.07, 6.45) is 4.14. The van der Waals surface area contributed by atoms with Crippen LogP contribution >= 0.6 is 0 Å². The number of hydrogen-bond donors (Lipinski definition) is 1. The summed E-state index contributed by atoms with van der Waals surface area (Å²) in [5.41, 5.74) is 1.31. The zero-order valence-electron chi connectivity index (χ0n) is 11.7. The highest BCUT2D eigenvalue weighted by Gasteiger charge is 2.10. The first kappa shape index (κ1) is 15.7. The molecule has 0 aliphatic rings. The molecule has 0 saturated carbocycles. The van der Waals surface area contributed by atoms with Gasteiger partial charge in [0.25, 0.3) is 0 Å². The highest BCUT2D eigenvalue weighted by molar-refractivity contribution is 5.69. The standard InChI is InChI=1S/C16H24O3/c1-2-7-16(18)19-13-15(12-17)11-6-10-14-8-4-3-5-9-14/h3-5,8-9,15,17H,2,6-7,10-13H2,1H3/t15-/m1/s1. The molecule has 0 amide bonds. The van der Waals surface area contributed by atoms with E-state index in [4.69, 9.17) is 4.74 Å². The Bertz CT molecular complexity index is 348. The number of esters is 1. The Hall–Kier alpha value is -1.35. The largest absolute Gasteiger partial charge is 0.465 e. The van der Waals surface area contributed by atoms with Gasteiger partial charge in [0.15, 0.2) is 0 Å². The first-order valence-electron chi connectivity index (χ1n) is 7.06. The van der Waals surface area contributed by atoms with E-state index in [9.17, 15) is 9.90 Å². The molecule has 1 aromatic rings. The molecule has 3 heteroatoms. The molecule has 0 bridgehead atoms. The van der Waals surface area contributed by atoms with Crippen molar-refractivity contribution in [3.8, 4) is 0 Å². The molecule has 1 atom stereocenters. The van der Waals surface area contributed by atoms with Gasteiger partial charge in [0.2, 0.25) is 0 Å². The van der Waals surface area contributed by atoms with Crippen molar-refractivity contribution in [2.45, 2.75) is 39.0 Å². The second-order valence-corrected chi connectivity index (χ2v) is 4.86. The first-order valence-corrected chi connectivity index (χ1v) is 7.06. The monoisotopic (exact) mass is 264 g/mol. The number of aliphatic hydroxyl groups excluding tert-OH is 1. The maximum Gasteiger partial charge on any atom is 0.305 e. The van der Waals surface area contributed by atoms with E-state index in [1.165, 1.54) is 5.56 Å². The van der Waals surface area contributed by atoms with Crippen LogP contribution in [0, 0.1) is 5.92 Å². The van der Waals surface area contributed by atoms with Crippen LogP contribution in [0.2, 0.25) is 0 Å². The van der Waals surface area contributed by atoms with E-state index >= 15 is 0 Å². The lowest BCUT2D eigenvalue weighted by Gasteiger charge is -2.14. The molecule has 0 radical (unpaired) electrons. The van der Waals surface area contributed by atoms with Crippen LogP contribution in [0.25, 0.3) is 0 Å². The fraction of sp³-hybridized carbons (Fsp3) is 0.562. The Morgan fingerprint density at radius 3 is 2.68 bits per heavy atom. The molecular weight excluding hydrogens is 240 g/mol. The van der Waals surface area contributed by atoms with Crippen molar-refractivity contribution < 1.29 is 14.6 Å². The Labute approximate surface area is 115 Å². The van der Waals surface area contributed by atoms with E-state index < -0.39 is 0 Å². The maximum absolute atomic E-state index is 11.3. The number of benzene rings is 1. The lowest BCUT2D eigenvalue weighted by molar-refractivity contribution is -0.145. The van der Waals surface area contributed by atoms with Crippen LogP contribution in [0.15, 0.2) is 30.3 Å². The highest BCUT2D eigenvalue weighted by Crippen LogP contribution is 2.11. The lowest BCUT2D eigenvalue weighted by Crippen LogP contribution is -2.17. The highest BCUT2D eigenvalue weighted by atomic mass is 16.5. The Balaban J connectivity index is 2.19. The molecule has 1 rings (SSSR count). The third-order valence-corrected chi connectivity index (χ3v) is 3.11. The molecule has 19 heavy (non-hydrogen) atoms. The van der Waals surface area contributed by atoms with Crippen molar-refractivity contribution >= 4 is 5.97 Å². The summed E-state index contributed by atoms with van der Waals surface area (Å²) in [7, 11) is 0. The Morgan fingerprint density at radius 2 is 2.05 bits per heavy atom. The normalized spacial score (nSPS) is 12.1. The number of carbonyl (C=O) groups excluding carboxylic acids is 1. The molecule has 0 unspecified atom stereocenters. The van der Waals surface area contributed by atoms with Gasteiger partial charge in [0.1, 0.15) is 0 Å². The van der Waals surface area contributed by atoms with E-state index in [0.29, 0.717) is 13.0 Å². The van der Waals surface area contributed by atoms with Gasteiger partial charge < -0.3 is 9.84 Å². The third-order valence-electron chi connectivity index (χ3n) is 3.11. The topological polar surface area (TPSA) is 46.5 Å². The van der Waals surface area contributed by atoms with Gasteiger partial charge in [-0.15, -0.1) is 0 Å². The fourth-order valence-corrected chi connectivity index (χ4v) is 1.95. The summed E-state index contributed by atoms with van der Waals surface area (Å²) >= 11 is 0. The Kier molecular flexibility index (Phi) is 7.91. The third kappa shape index (κ3) is 6.97. The smallest absolute Gasteiger partial charge is 0.305 e. The van der Waals surface area contributed by atoms with E-state index in [1.54, 1.807) is 0 Å². The van der Waals surface area contributed by atoms with Crippen molar-refractivity contribution in [1.29, 1.82) is 0 Å². The number of aryl methyl sites for hydroxylation is 1. The molecule has 3 nitrogen and oxygen atoms in total. The zero-order valence-corrected chi connectivity index (χ0v) is 11.7. The second kappa shape index (κ2) is 9.56. The number of ether oxygens (including phenoxy) is 1. The molecular formula is C16H24O3. The van der Waals surface area contributed by atoms with Gasteiger partial charge in [-0.25, -0.2) is 0 Å². The molecule has 1 aromatic carbocycles. The minimum atomic E-state index is -0.163. The van der Waals surface area contributed by atoms with Crippen LogP contribution in [0.1, 0.15) is 38.2 Å². The van der Waals surface area contributed by atoms with E-state index in [2.05, 4.69) is 12.1 Å². The number of hydrogen-bond acceptors (Lipinski definition) is 3. The van der Waals surface area contributed by atoms with Gasteiger partial charge in [-0.2, -0.15) is 0 Å². The van der Waals surface area contributed by atoms with Crippen LogP contribution < -0.4 is 0 Å². The predicted molar refractivity (Wildman–Crippen MR) is 75.8 cm³/mol. The zero-order chi connectivity index (χ0) is 13.9. The van der Waals surface area contributed by atoms with E-state index in [1.807, 2.05) is 25.1 Å². The second-order valence-electron chi connectivity index (χ2n) is 4.86. The molecule has 0 fully saturated rings. The minimum absolute atomic E-state index is 0.0597. The molecule has 0 heterocycles.